The number of nitrogen functional groups attached to an aromatic ring is 1. The van der Waals surface area contributed by atoms with E-state index in [-0.39, 0.29) is 5.41 Å². The lowest BCUT2D eigenvalue weighted by atomic mass is 9.92. The fraction of sp³-hybridized carbons (Fsp3) is 0.400. The second-order valence-corrected chi connectivity index (χ2v) is 5.73. The zero-order valence-corrected chi connectivity index (χ0v) is 12.3. The molecule has 0 atom stereocenters. The van der Waals surface area contributed by atoms with Gasteiger partial charge in [-0.1, -0.05) is 26.8 Å². The number of nitrogens with two attached hydrogens (primary N) is 1. The Hall–Kier alpha value is -2.17. The second kappa shape index (κ2) is 5.45. The maximum Gasteiger partial charge on any atom is 0.212 e. The molecule has 0 fully saturated rings. The van der Waals surface area contributed by atoms with Crippen molar-refractivity contribution >= 4 is 5.82 Å². The summed E-state index contributed by atoms with van der Waals surface area (Å²) in [4.78, 5) is 13.1. The van der Waals surface area contributed by atoms with Gasteiger partial charge in [0.2, 0.25) is 5.88 Å². The van der Waals surface area contributed by atoms with Gasteiger partial charge in [0.25, 0.3) is 0 Å². The van der Waals surface area contributed by atoms with Gasteiger partial charge in [0.15, 0.2) is 0 Å². The molecular weight excluding hydrogens is 252 g/mol. The molecule has 0 bridgehead atoms. The first-order valence-electron chi connectivity index (χ1n) is 6.51. The zero-order valence-electron chi connectivity index (χ0n) is 12.3. The van der Waals surface area contributed by atoms with Gasteiger partial charge in [0.1, 0.15) is 11.6 Å². The Morgan fingerprint density at radius 3 is 2.50 bits per heavy atom. The second-order valence-electron chi connectivity index (χ2n) is 5.73. The predicted molar refractivity (Wildman–Crippen MR) is 78.7 cm³/mol. The van der Waals surface area contributed by atoms with E-state index in [1.54, 1.807) is 13.3 Å². The Morgan fingerprint density at radius 2 is 1.95 bits per heavy atom. The van der Waals surface area contributed by atoms with Crippen molar-refractivity contribution in [1.29, 1.82) is 0 Å². The molecule has 0 saturated heterocycles. The van der Waals surface area contributed by atoms with Crippen molar-refractivity contribution in [2.45, 2.75) is 32.6 Å². The highest BCUT2D eigenvalue weighted by Gasteiger charge is 2.17. The largest absolute Gasteiger partial charge is 0.481 e. The third-order valence-electron chi connectivity index (χ3n) is 2.93. The monoisotopic (exact) mass is 272 g/mol. The summed E-state index contributed by atoms with van der Waals surface area (Å²) in [7, 11) is 1.60. The lowest BCUT2D eigenvalue weighted by molar-refractivity contribution is 0.397. The Bertz CT molecular complexity index is 588. The van der Waals surface area contributed by atoms with Crippen LogP contribution in [0.3, 0.4) is 0 Å². The molecule has 0 amide bonds. The van der Waals surface area contributed by atoms with Crippen molar-refractivity contribution in [2.24, 2.45) is 0 Å². The summed E-state index contributed by atoms with van der Waals surface area (Å²) in [6.07, 6.45) is 2.37. The molecule has 2 N–H and O–H groups in total. The number of rotatable bonds is 3. The summed E-state index contributed by atoms with van der Waals surface area (Å²) in [5.41, 5.74) is 7.79. The molecule has 2 aromatic heterocycles. The minimum Gasteiger partial charge on any atom is -0.481 e. The van der Waals surface area contributed by atoms with E-state index in [0.29, 0.717) is 23.9 Å². The summed E-state index contributed by atoms with van der Waals surface area (Å²) in [5.74, 6) is 1.81. The fourth-order valence-electron chi connectivity index (χ4n) is 1.80. The van der Waals surface area contributed by atoms with Crippen molar-refractivity contribution < 1.29 is 4.74 Å². The standard InChI is InChI=1S/C15H20N4O/c1-15(2,3)11-8-12(16)19-13(18-11)7-10-5-6-14(20-4)17-9-10/h5-6,8-9H,7H2,1-4H3,(H2,16,18,19). The van der Waals surface area contributed by atoms with Crippen molar-refractivity contribution in [2.75, 3.05) is 12.8 Å². The fourth-order valence-corrected chi connectivity index (χ4v) is 1.80. The first-order chi connectivity index (χ1) is 9.38. The van der Waals surface area contributed by atoms with Crippen LogP contribution in [0.25, 0.3) is 0 Å². The molecule has 0 aliphatic carbocycles. The van der Waals surface area contributed by atoms with E-state index in [2.05, 4.69) is 35.7 Å². The first kappa shape index (κ1) is 14.2. The molecule has 2 aromatic rings. The highest BCUT2D eigenvalue weighted by atomic mass is 16.5. The Kier molecular flexibility index (Phi) is 3.88. The molecule has 2 rings (SSSR count). The van der Waals surface area contributed by atoms with Crippen molar-refractivity contribution in [3.05, 3.63) is 41.5 Å². The van der Waals surface area contributed by atoms with E-state index in [9.17, 15) is 0 Å². The number of ether oxygens (including phenoxy) is 1. The van der Waals surface area contributed by atoms with Crippen molar-refractivity contribution in [1.82, 2.24) is 15.0 Å². The molecule has 0 radical (unpaired) electrons. The summed E-state index contributed by atoms with van der Waals surface area (Å²) in [5, 5.41) is 0. The Labute approximate surface area is 119 Å². The van der Waals surface area contributed by atoms with Crippen molar-refractivity contribution in [3.63, 3.8) is 0 Å². The van der Waals surface area contributed by atoms with Gasteiger partial charge in [-0.15, -0.1) is 0 Å². The van der Waals surface area contributed by atoms with Crippen LogP contribution in [0.5, 0.6) is 5.88 Å². The van der Waals surface area contributed by atoms with E-state index in [1.165, 1.54) is 0 Å². The molecular formula is C15H20N4O. The SMILES string of the molecule is COc1ccc(Cc2nc(N)cc(C(C)(C)C)n2)cn1. The maximum atomic E-state index is 5.87. The molecule has 0 aromatic carbocycles. The van der Waals surface area contributed by atoms with E-state index >= 15 is 0 Å². The van der Waals surface area contributed by atoms with E-state index < -0.39 is 0 Å². The molecule has 0 aliphatic rings. The normalized spacial score (nSPS) is 11.4. The zero-order chi connectivity index (χ0) is 14.8. The van der Waals surface area contributed by atoms with Crippen LogP contribution in [-0.2, 0) is 11.8 Å². The maximum absolute atomic E-state index is 5.87. The lowest BCUT2D eigenvalue weighted by Crippen LogP contribution is -2.16. The van der Waals surface area contributed by atoms with Crippen LogP contribution < -0.4 is 10.5 Å². The summed E-state index contributed by atoms with van der Waals surface area (Å²) >= 11 is 0. The minimum atomic E-state index is -0.0516. The number of methoxy groups -OCH3 is 1. The van der Waals surface area contributed by atoms with Gasteiger partial charge < -0.3 is 10.5 Å². The molecule has 5 nitrogen and oxygen atoms in total. The minimum absolute atomic E-state index is 0.0516. The van der Waals surface area contributed by atoms with Crippen molar-refractivity contribution in [3.8, 4) is 5.88 Å². The van der Waals surface area contributed by atoms with Gasteiger partial charge in [0.05, 0.1) is 12.8 Å². The van der Waals surface area contributed by atoms with E-state index in [0.717, 1.165) is 11.3 Å². The van der Waals surface area contributed by atoms with Crippen LogP contribution in [-0.4, -0.2) is 22.1 Å². The van der Waals surface area contributed by atoms with Crippen LogP contribution in [0.2, 0.25) is 0 Å². The molecule has 0 unspecified atom stereocenters. The summed E-state index contributed by atoms with van der Waals surface area (Å²) in [6, 6.07) is 5.61. The first-order valence-corrected chi connectivity index (χ1v) is 6.51. The number of pyridine rings is 1. The average molecular weight is 272 g/mol. The van der Waals surface area contributed by atoms with Gasteiger partial charge in [0, 0.05) is 30.2 Å². The predicted octanol–water partition coefficient (Wildman–Crippen LogP) is 2.35. The molecule has 2 heterocycles. The number of anilines is 1. The topological polar surface area (TPSA) is 73.9 Å². The Morgan fingerprint density at radius 1 is 1.20 bits per heavy atom. The smallest absolute Gasteiger partial charge is 0.212 e. The summed E-state index contributed by atoms with van der Waals surface area (Å²) in [6.45, 7) is 6.31. The van der Waals surface area contributed by atoms with Crippen LogP contribution in [0.1, 0.15) is 37.9 Å². The average Bonchev–Trinajstić information content (AvgIpc) is 2.38. The van der Waals surface area contributed by atoms with E-state index in [1.807, 2.05) is 18.2 Å². The summed E-state index contributed by atoms with van der Waals surface area (Å²) < 4.78 is 5.04. The Balaban J connectivity index is 2.26. The molecule has 106 valence electrons. The van der Waals surface area contributed by atoms with Crippen LogP contribution in [0.4, 0.5) is 5.82 Å². The van der Waals surface area contributed by atoms with Crippen LogP contribution >= 0.6 is 0 Å². The quantitative estimate of drug-likeness (QED) is 0.928. The van der Waals surface area contributed by atoms with Gasteiger partial charge in [-0.25, -0.2) is 15.0 Å². The lowest BCUT2D eigenvalue weighted by Gasteiger charge is -2.18. The molecule has 5 heteroatoms. The van der Waals surface area contributed by atoms with Gasteiger partial charge in [-0.05, 0) is 5.56 Å². The number of aromatic nitrogens is 3. The van der Waals surface area contributed by atoms with Gasteiger partial charge in [-0.3, -0.25) is 0 Å². The number of hydrogen-bond acceptors (Lipinski definition) is 5. The van der Waals surface area contributed by atoms with Crippen LogP contribution in [0.15, 0.2) is 24.4 Å². The molecule has 0 aliphatic heterocycles. The highest BCUT2D eigenvalue weighted by Crippen LogP contribution is 2.22. The third-order valence-corrected chi connectivity index (χ3v) is 2.93. The highest BCUT2D eigenvalue weighted by molar-refractivity contribution is 5.33. The number of hydrogen-bond donors (Lipinski definition) is 1. The third kappa shape index (κ3) is 3.44. The molecule has 20 heavy (non-hydrogen) atoms. The van der Waals surface area contributed by atoms with Gasteiger partial charge >= 0.3 is 0 Å². The van der Waals surface area contributed by atoms with Crippen LogP contribution in [0, 0.1) is 0 Å². The van der Waals surface area contributed by atoms with Gasteiger partial charge in [-0.2, -0.15) is 0 Å². The van der Waals surface area contributed by atoms with E-state index in [4.69, 9.17) is 10.5 Å². The molecule has 0 spiro atoms. The number of nitrogens with zero attached hydrogens (tertiary/aromatic N) is 3. The molecule has 0 saturated carbocycles.